The Morgan fingerprint density at radius 3 is 2.57 bits per heavy atom. The van der Waals surface area contributed by atoms with Crippen LogP contribution in [0.3, 0.4) is 0 Å². The lowest BCUT2D eigenvalue weighted by molar-refractivity contribution is -0.137. The fourth-order valence-electron chi connectivity index (χ4n) is 3.21. The highest BCUT2D eigenvalue weighted by Crippen LogP contribution is 2.39. The van der Waals surface area contributed by atoms with Crippen molar-refractivity contribution in [2.45, 2.75) is 32.1 Å². The summed E-state index contributed by atoms with van der Waals surface area (Å²) in [5, 5.41) is 0.540. The summed E-state index contributed by atoms with van der Waals surface area (Å²) < 4.78 is 38.1. The fourth-order valence-corrected chi connectivity index (χ4v) is 3.92. The molecule has 7 heteroatoms. The van der Waals surface area contributed by atoms with Gasteiger partial charge in [-0.05, 0) is 36.6 Å². The normalized spacial score (nSPS) is 22.6. The number of anilines is 1. The van der Waals surface area contributed by atoms with Gasteiger partial charge in [0, 0.05) is 23.7 Å². The van der Waals surface area contributed by atoms with Crippen molar-refractivity contribution in [3.05, 3.63) is 46.5 Å². The lowest BCUT2D eigenvalue weighted by atomic mass is 9.94. The molecule has 3 nitrogen and oxygen atoms in total. The van der Waals surface area contributed by atoms with Gasteiger partial charge in [-0.3, -0.25) is 4.90 Å². The average Bonchev–Trinajstić information content (AvgIpc) is 3.05. The van der Waals surface area contributed by atoms with E-state index in [4.69, 9.17) is 5.73 Å². The largest absolute Gasteiger partial charge is 0.416 e. The summed E-state index contributed by atoms with van der Waals surface area (Å²) in [5.74, 6) is 0.400. The maximum Gasteiger partial charge on any atom is 0.416 e. The van der Waals surface area contributed by atoms with E-state index in [1.807, 2.05) is 0 Å². The van der Waals surface area contributed by atoms with Gasteiger partial charge < -0.3 is 5.73 Å². The zero-order valence-electron chi connectivity index (χ0n) is 12.7. The van der Waals surface area contributed by atoms with Crippen LogP contribution in [0.15, 0.2) is 30.5 Å². The third kappa shape index (κ3) is 3.50. The first-order chi connectivity index (χ1) is 10.8. The molecule has 0 radical (unpaired) electrons. The van der Waals surface area contributed by atoms with Crippen LogP contribution in [0.25, 0.3) is 0 Å². The second kappa shape index (κ2) is 6.13. The maximum atomic E-state index is 12.7. The molecular formula is C16H18F3N3S. The molecule has 3 rings (SSSR count). The Balaban J connectivity index is 1.80. The Labute approximate surface area is 136 Å². The van der Waals surface area contributed by atoms with Crippen molar-refractivity contribution in [1.29, 1.82) is 0 Å². The molecular weight excluding hydrogens is 323 g/mol. The van der Waals surface area contributed by atoms with Gasteiger partial charge in [-0.2, -0.15) is 13.2 Å². The van der Waals surface area contributed by atoms with Gasteiger partial charge in [-0.1, -0.05) is 19.1 Å². The Morgan fingerprint density at radius 1 is 1.30 bits per heavy atom. The Kier molecular flexibility index (Phi) is 4.33. The molecule has 0 spiro atoms. The number of benzene rings is 1. The minimum Gasteiger partial charge on any atom is -0.375 e. The van der Waals surface area contributed by atoms with Gasteiger partial charge in [0.2, 0.25) is 0 Å². The number of nitrogen functional groups attached to an aromatic ring is 1. The summed E-state index contributed by atoms with van der Waals surface area (Å²) in [7, 11) is 0. The predicted octanol–water partition coefficient (Wildman–Crippen LogP) is 4.33. The SMILES string of the molecule is CC1CCN(Cc2cnc(N)s2)C1c1ccc(C(F)(F)F)cc1. The third-order valence-electron chi connectivity index (χ3n) is 4.31. The molecule has 2 aromatic rings. The minimum atomic E-state index is -4.29. The summed E-state index contributed by atoms with van der Waals surface area (Å²) in [5.41, 5.74) is 5.99. The lowest BCUT2D eigenvalue weighted by Gasteiger charge is -2.27. The van der Waals surface area contributed by atoms with Crippen molar-refractivity contribution in [2.75, 3.05) is 12.3 Å². The van der Waals surface area contributed by atoms with Gasteiger partial charge in [0.15, 0.2) is 5.13 Å². The van der Waals surface area contributed by atoms with Crippen LogP contribution in [-0.2, 0) is 12.7 Å². The van der Waals surface area contributed by atoms with Gasteiger partial charge in [-0.15, -0.1) is 11.3 Å². The van der Waals surface area contributed by atoms with Crippen molar-refractivity contribution >= 4 is 16.5 Å². The van der Waals surface area contributed by atoms with Gasteiger partial charge in [0.1, 0.15) is 0 Å². The average molecular weight is 341 g/mol. The fraction of sp³-hybridized carbons (Fsp3) is 0.438. The second-order valence-electron chi connectivity index (χ2n) is 5.97. The number of nitrogens with two attached hydrogens (primary N) is 1. The van der Waals surface area contributed by atoms with Crippen LogP contribution in [0.1, 0.15) is 35.4 Å². The number of hydrogen-bond donors (Lipinski definition) is 1. The number of nitrogens with zero attached hydrogens (tertiary/aromatic N) is 2. The number of likely N-dealkylation sites (tertiary alicyclic amines) is 1. The highest BCUT2D eigenvalue weighted by atomic mass is 32.1. The first-order valence-electron chi connectivity index (χ1n) is 7.46. The van der Waals surface area contributed by atoms with Gasteiger partial charge in [-0.25, -0.2) is 4.98 Å². The Bertz CT molecular complexity index is 666. The third-order valence-corrected chi connectivity index (χ3v) is 5.13. The van der Waals surface area contributed by atoms with Crippen LogP contribution in [0.4, 0.5) is 18.3 Å². The molecule has 1 aromatic heterocycles. The molecule has 1 fully saturated rings. The van der Waals surface area contributed by atoms with E-state index in [9.17, 15) is 13.2 Å². The van der Waals surface area contributed by atoms with Gasteiger partial charge in [0.05, 0.1) is 5.56 Å². The van der Waals surface area contributed by atoms with E-state index in [1.54, 1.807) is 18.3 Å². The Hall–Kier alpha value is -1.60. The van der Waals surface area contributed by atoms with E-state index in [-0.39, 0.29) is 6.04 Å². The van der Waals surface area contributed by atoms with E-state index in [1.165, 1.54) is 23.5 Å². The molecule has 0 amide bonds. The maximum absolute atomic E-state index is 12.7. The molecule has 2 heterocycles. The summed E-state index contributed by atoms with van der Waals surface area (Å²) in [4.78, 5) is 7.43. The molecule has 2 N–H and O–H groups in total. The molecule has 1 aliphatic rings. The molecule has 1 aliphatic heterocycles. The van der Waals surface area contributed by atoms with Gasteiger partial charge >= 0.3 is 6.18 Å². The molecule has 2 unspecified atom stereocenters. The summed E-state index contributed by atoms with van der Waals surface area (Å²) >= 11 is 1.46. The minimum absolute atomic E-state index is 0.126. The van der Waals surface area contributed by atoms with Crippen molar-refractivity contribution in [3.63, 3.8) is 0 Å². The summed E-state index contributed by atoms with van der Waals surface area (Å²) in [6.07, 6.45) is -1.49. The van der Waals surface area contributed by atoms with Crippen LogP contribution in [-0.4, -0.2) is 16.4 Å². The first-order valence-corrected chi connectivity index (χ1v) is 8.27. The number of halogens is 3. The number of rotatable bonds is 3. The molecule has 0 aliphatic carbocycles. The summed E-state index contributed by atoms with van der Waals surface area (Å²) in [6, 6.07) is 5.67. The molecule has 23 heavy (non-hydrogen) atoms. The van der Waals surface area contributed by atoms with Crippen LogP contribution < -0.4 is 5.73 Å². The van der Waals surface area contributed by atoms with Crippen molar-refractivity contribution in [2.24, 2.45) is 5.92 Å². The number of hydrogen-bond acceptors (Lipinski definition) is 4. The van der Waals surface area contributed by atoms with Crippen LogP contribution in [0.2, 0.25) is 0 Å². The zero-order chi connectivity index (χ0) is 16.6. The lowest BCUT2D eigenvalue weighted by Crippen LogP contribution is -2.24. The predicted molar refractivity (Wildman–Crippen MR) is 84.9 cm³/mol. The van der Waals surface area contributed by atoms with Crippen LogP contribution in [0, 0.1) is 5.92 Å². The first kappa shape index (κ1) is 16.3. The van der Waals surface area contributed by atoms with Crippen molar-refractivity contribution in [1.82, 2.24) is 9.88 Å². The number of aromatic nitrogens is 1. The molecule has 0 saturated carbocycles. The molecule has 1 aromatic carbocycles. The summed E-state index contributed by atoms with van der Waals surface area (Å²) in [6.45, 7) is 3.79. The second-order valence-corrected chi connectivity index (χ2v) is 7.11. The smallest absolute Gasteiger partial charge is 0.375 e. The number of alkyl halides is 3. The van der Waals surface area contributed by atoms with E-state index in [0.717, 1.165) is 30.0 Å². The molecule has 0 bridgehead atoms. The molecule has 2 atom stereocenters. The monoisotopic (exact) mass is 341 g/mol. The molecule has 124 valence electrons. The topological polar surface area (TPSA) is 42.2 Å². The molecule has 1 saturated heterocycles. The number of thiazole rings is 1. The van der Waals surface area contributed by atoms with E-state index < -0.39 is 11.7 Å². The van der Waals surface area contributed by atoms with Crippen molar-refractivity contribution in [3.8, 4) is 0 Å². The van der Waals surface area contributed by atoms with Crippen molar-refractivity contribution < 1.29 is 13.2 Å². The van der Waals surface area contributed by atoms with E-state index >= 15 is 0 Å². The van der Waals surface area contributed by atoms with E-state index in [2.05, 4.69) is 16.8 Å². The van der Waals surface area contributed by atoms with Crippen LogP contribution in [0.5, 0.6) is 0 Å². The quantitative estimate of drug-likeness (QED) is 0.904. The highest BCUT2D eigenvalue weighted by Gasteiger charge is 2.34. The highest BCUT2D eigenvalue weighted by molar-refractivity contribution is 7.15. The van der Waals surface area contributed by atoms with Gasteiger partial charge in [0.25, 0.3) is 0 Å². The van der Waals surface area contributed by atoms with E-state index in [0.29, 0.717) is 11.0 Å². The Morgan fingerprint density at radius 2 is 2.00 bits per heavy atom. The van der Waals surface area contributed by atoms with Crippen LogP contribution >= 0.6 is 11.3 Å². The zero-order valence-corrected chi connectivity index (χ0v) is 13.5. The standard InChI is InChI=1S/C16H18F3N3S/c1-10-6-7-22(9-13-8-21-15(20)23-13)14(10)11-2-4-12(5-3-11)16(17,18)19/h2-5,8,10,14H,6-7,9H2,1H3,(H2,20,21).